The summed E-state index contributed by atoms with van der Waals surface area (Å²) >= 11 is 0. The van der Waals surface area contributed by atoms with E-state index in [1.807, 2.05) is 6.92 Å². The average Bonchev–Trinajstić information content (AvgIpc) is 2.18. The Labute approximate surface area is 87.6 Å². The topological polar surface area (TPSA) is 38.5 Å². The molecular formula is C11H24N2O. The molecule has 1 fully saturated rings. The zero-order valence-corrected chi connectivity index (χ0v) is 9.54. The van der Waals surface area contributed by atoms with Gasteiger partial charge in [-0.3, -0.25) is 0 Å². The predicted molar refractivity (Wildman–Crippen MR) is 59.3 cm³/mol. The lowest BCUT2D eigenvalue weighted by atomic mass is 9.95. The monoisotopic (exact) mass is 200 g/mol. The number of nitrogens with two attached hydrogens (primary N) is 1. The molecule has 1 aliphatic heterocycles. The van der Waals surface area contributed by atoms with E-state index < -0.39 is 0 Å². The summed E-state index contributed by atoms with van der Waals surface area (Å²) in [6, 6.07) is 0.415. The van der Waals surface area contributed by atoms with E-state index in [9.17, 15) is 0 Å². The zero-order valence-electron chi connectivity index (χ0n) is 9.54. The summed E-state index contributed by atoms with van der Waals surface area (Å²) in [4.78, 5) is 2.51. The number of ether oxygens (including phenoxy) is 1. The van der Waals surface area contributed by atoms with Gasteiger partial charge in [-0.05, 0) is 32.2 Å². The Hall–Kier alpha value is -0.120. The molecule has 3 nitrogen and oxygen atoms in total. The summed E-state index contributed by atoms with van der Waals surface area (Å²) in [5.74, 6) is 0.649. The first kappa shape index (κ1) is 12.0. The van der Waals surface area contributed by atoms with E-state index in [0.717, 1.165) is 45.7 Å². The molecular weight excluding hydrogens is 176 g/mol. The number of piperidine rings is 1. The van der Waals surface area contributed by atoms with Crippen LogP contribution < -0.4 is 5.73 Å². The van der Waals surface area contributed by atoms with Crippen LogP contribution in [0.5, 0.6) is 0 Å². The zero-order chi connectivity index (χ0) is 10.4. The van der Waals surface area contributed by atoms with E-state index in [2.05, 4.69) is 11.8 Å². The number of nitrogens with zero attached hydrogens (tertiary/aromatic N) is 1. The first-order chi connectivity index (χ1) is 6.74. The Balaban J connectivity index is 2.07. The number of hydrogen-bond acceptors (Lipinski definition) is 3. The van der Waals surface area contributed by atoms with E-state index in [-0.39, 0.29) is 0 Å². The summed E-state index contributed by atoms with van der Waals surface area (Å²) in [5.41, 5.74) is 5.97. The Bertz CT molecular complexity index is 152. The van der Waals surface area contributed by atoms with Crippen molar-refractivity contribution in [1.29, 1.82) is 0 Å². The van der Waals surface area contributed by atoms with Crippen LogP contribution in [-0.4, -0.2) is 43.8 Å². The molecule has 0 aromatic rings. The molecule has 84 valence electrons. The minimum atomic E-state index is 0.415. The Morgan fingerprint density at radius 1 is 1.50 bits per heavy atom. The molecule has 0 amide bonds. The number of rotatable bonds is 5. The second-order valence-electron chi connectivity index (χ2n) is 4.28. The Morgan fingerprint density at radius 2 is 2.29 bits per heavy atom. The smallest absolute Gasteiger partial charge is 0.0478 e. The normalized spacial score (nSPS) is 29.4. The third-order valence-corrected chi connectivity index (χ3v) is 3.02. The fourth-order valence-corrected chi connectivity index (χ4v) is 1.99. The molecule has 0 aromatic carbocycles. The second-order valence-corrected chi connectivity index (χ2v) is 4.28. The molecule has 0 unspecified atom stereocenters. The average molecular weight is 200 g/mol. The van der Waals surface area contributed by atoms with E-state index >= 15 is 0 Å². The van der Waals surface area contributed by atoms with Crippen molar-refractivity contribution in [3.05, 3.63) is 0 Å². The van der Waals surface area contributed by atoms with Gasteiger partial charge in [0, 0.05) is 32.3 Å². The van der Waals surface area contributed by atoms with Crippen molar-refractivity contribution in [2.75, 3.05) is 32.8 Å². The molecule has 3 heteroatoms. The van der Waals surface area contributed by atoms with Crippen LogP contribution in [0, 0.1) is 5.92 Å². The van der Waals surface area contributed by atoms with Gasteiger partial charge in [-0.2, -0.15) is 0 Å². The van der Waals surface area contributed by atoms with Gasteiger partial charge in [0.15, 0.2) is 0 Å². The van der Waals surface area contributed by atoms with Gasteiger partial charge in [0.25, 0.3) is 0 Å². The third-order valence-electron chi connectivity index (χ3n) is 3.02. The Morgan fingerprint density at radius 3 is 2.93 bits per heavy atom. The maximum absolute atomic E-state index is 5.97. The standard InChI is InChI=1S/C11H24N2O/c1-3-14-8-4-6-13-7-5-11(12)10(2)9-13/h10-11H,3-9,12H2,1-2H3/t10-,11-/m0/s1. The second kappa shape index (κ2) is 6.38. The Kier molecular flexibility index (Phi) is 5.45. The molecule has 0 spiro atoms. The lowest BCUT2D eigenvalue weighted by Crippen LogP contribution is -2.46. The fraction of sp³-hybridized carbons (Fsp3) is 1.00. The van der Waals surface area contributed by atoms with Gasteiger partial charge in [0.05, 0.1) is 0 Å². The van der Waals surface area contributed by atoms with Crippen molar-refractivity contribution in [2.24, 2.45) is 11.7 Å². The van der Waals surface area contributed by atoms with Gasteiger partial charge in [-0.1, -0.05) is 6.92 Å². The molecule has 14 heavy (non-hydrogen) atoms. The lowest BCUT2D eigenvalue weighted by Gasteiger charge is -2.35. The highest BCUT2D eigenvalue weighted by Gasteiger charge is 2.22. The summed E-state index contributed by atoms with van der Waals surface area (Å²) in [5, 5.41) is 0. The summed E-state index contributed by atoms with van der Waals surface area (Å²) < 4.78 is 5.32. The van der Waals surface area contributed by atoms with Crippen molar-refractivity contribution in [3.8, 4) is 0 Å². The molecule has 0 aliphatic carbocycles. The third kappa shape index (κ3) is 3.95. The molecule has 0 radical (unpaired) electrons. The molecule has 0 bridgehead atoms. The summed E-state index contributed by atoms with van der Waals surface area (Å²) in [7, 11) is 0. The van der Waals surface area contributed by atoms with Crippen molar-refractivity contribution < 1.29 is 4.74 Å². The first-order valence-electron chi connectivity index (χ1n) is 5.79. The van der Waals surface area contributed by atoms with Crippen LogP contribution in [0.25, 0.3) is 0 Å². The van der Waals surface area contributed by atoms with Gasteiger partial charge in [-0.25, -0.2) is 0 Å². The van der Waals surface area contributed by atoms with E-state index in [1.165, 1.54) is 0 Å². The molecule has 0 saturated carbocycles. The molecule has 1 rings (SSSR count). The van der Waals surface area contributed by atoms with Crippen molar-refractivity contribution in [1.82, 2.24) is 4.90 Å². The van der Waals surface area contributed by atoms with Gasteiger partial charge < -0.3 is 15.4 Å². The van der Waals surface area contributed by atoms with Crippen molar-refractivity contribution in [3.63, 3.8) is 0 Å². The SMILES string of the molecule is CCOCCCN1CC[C@H](N)[C@@H](C)C1. The minimum absolute atomic E-state index is 0.415. The highest BCUT2D eigenvalue weighted by molar-refractivity contribution is 4.79. The quantitative estimate of drug-likeness (QED) is 0.675. The molecule has 2 atom stereocenters. The number of likely N-dealkylation sites (tertiary alicyclic amines) is 1. The maximum Gasteiger partial charge on any atom is 0.0478 e. The van der Waals surface area contributed by atoms with E-state index in [0.29, 0.717) is 12.0 Å². The van der Waals surface area contributed by atoms with Crippen LogP contribution in [0.2, 0.25) is 0 Å². The van der Waals surface area contributed by atoms with Gasteiger partial charge in [-0.15, -0.1) is 0 Å². The predicted octanol–water partition coefficient (Wildman–Crippen LogP) is 1.08. The molecule has 1 heterocycles. The maximum atomic E-state index is 5.97. The van der Waals surface area contributed by atoms with Crippen LogP contribution in [0.15, 0.2) is 0 Å². The largest absolute Gasteiger partial charge is 0.382 e. The summed E-state index contributed by atoms with van der Waals surface area (Å²) in [6.45, 7) is 9.51. The first-order valence-corrected chi connectivity index (χ1v) is 5.79. The van der Waals surface area contributed by atoms with Crippen LogP contribution >= 0.6 is 0 Å². The lowest BCUT2D eigenvalue weighted by molar-refractivity contribution is 0.115. The molecule has 2 N–H and O–H groups in total. The minimum Gasteiger partial charge on any atom is -0.382 e. The highest BCUT2D eigenvalue weighted by Crippen LogP contribution is 2.14. The highest BCUT2D eigenvalue weighted by atomic mass is 16.5. The fourth-order valence-electron chi connectivity index (χ4n) is 1.99. The molecule has 1 aliphatic rings. The van der Waals surface area contributed by atoms with E-state index in [1.54, 1.807) is 0 Å². The van der Waals surface area contributed by atoms with Crippen LogP contribution in [0.1, 0.15) is 26.7 Å². The molecule has 0 aromatic heterocycles. The van der Waals surface area contributed by atoms with Crippen LogP contribution in [0.3, 0.4) is 0 Å². The van der Waals surface area contributed by atoms with Crippen LogP contribution in [-0.2, 0) is 4.74 Å². The van der Waals surface area contributed by atoms with Crippen molar-refractivity contribution in [2.45, 2.75) is 32.7 Å². The van der Waals surface area contributed by atoms with Gasteiger partial charge in [0.2, 0.25) is 0 Å². The van der Waals surface area contributed by atoms with E-state index in [4.69, 9.17) is 10.5 Å². The number of hydrogen-bond donors (Lipinski definition) is 1. The van der Waals surface area contributed by atoms with Gasteiger partial charge >= 0.3 is 0 Å². The molecule has 1 saturated heterocycles. The van der Waals surface area contributed by atoms with Crippen LogP contribution in [0.4, 0.5) is 0 Å². The van der Waals surface area contributed by atoms with Gasteiger partial charge in [0.1, 0.15) is 0 Å². The van der Waals surface area contributed by atoms with Crippen molar-refractivity contribution >= 4 is 0 Å². The summed E-state index contributed by atoms with van der Waals surface area (Å²) in [6.07, 6.45) is 2.30.